The van der Waals surface area contributed by atoms with Crippen molar-refractivity contribution in [3.05, 3.63) is 84.4 Å². The number of sulfonamides is 1. The summed E-state index contributed by atoms with van der Waals surface area (Å²) < 4.78 is 40.1. The number of nitrogens with zero attached hydrogens (tertiary/aromatic N) is 3. The largest absolute Gasteiger partial charge is 0.497 e. The lowest BCUT2D eigenvalue weighted by molar-refractivity contribution is -0.122. The average Bonchev–Trinajstić information content (AvgIpc) is 3.58. The van der Waals surface area contributed by atoms with Gasteiger partial charge in [0.15, 0.2) is 5.58 Å². The van der Waals surface area contributed by atoms with E-state index in [0.29, 0.717) is 34.9 Å². The molecule has 1 unspecified atom stereocenters. The molecular formula is C32H31N3O6S. The Labute approximate surface area is 244 Å². The summed E-state index contributed by atoms with van der Waals surface area (Å²) in [6.07, 6.45) is 6.49. The van der Waals surface area contributed by atoms with Crippen molar-refractivity contribution in [3.8, 4) is 17.2 Å². The number of anilines is 1. The van der Waals surface area contributed by atoms with Crippen LogP contribution in [0.3, 0.4) is 0 Å². The number of carbonyl (C=O) groups excluding carboxylic acids is 2. The zero-order valence-corrected chi connectivity index (χ0v) is 24.0. The smallest absolute Gasteiger partial charge is 0.252 e. The van der Waals surface area contributed by atoms with E-state index in [9.17, 15) is 18.0 Å². The second-order valence-electron chi connectivity index (χ2n) is 10.5. The number of ether oxygens (including phenoxy) is 1. The molecule has 1 fully saturated rings. The first-order valence-corrected chi connectivity index (χ1v) is 15.5. The molecule has 0 N–H and O–H groups in total. The van der Waals surface area contributed by atoms with Crippen LogP contribution in [-0.2, 0) is 19.6 Å². The van der Waals surface area contributed by atoms with Gasteiger partial charge in [-0.15, -0.1) is 0 Å². The van der Waals surface area contributed by atoms with Crippen molar-refractivity contribution in [2.45, 2.75) is 49.5 Å². The van der Waals surface area contributed by atoms with Crippen molar-refractivity contribution in [1.82, 2.24) is 9.29 Å². The Bertz CT molecular complexity index is 1730. The fourth-order valence-corrected chi connectivity index (χ4v) is 7.16. The van der Waals surface area contributed by atoms with E-state index in [2.05, 4.69) is 11.1 Å². The molecule has 4 aromatic rings. The molecular weight excluding hydrogens is 554 g/mol. The van der Waals surface area contributed by atoms with Crippen LogP contribution in [0.4, 0.5) is 5.69 Å². The first-order valence-electron chi connectivity index (χ1n) is 14.0. The summed E-state index contributed by atoms with van der Waals surface area (Å²) in [5.74, 6) is -0.0725. The van der Waals surface area contributed by atoms with Gasteiger partial charge in [-0.25, -0.2) is 18.3 Å². The normalized spacial score (nSPS) is 17.7. The molecule has 1 aliphatic heterocycles. The fourth-order valence-electron chi connectivity index (χ4n) is 5.57. The molecule has 1 aliphatic carbocycles. The van der Waals surface area contributed by atoms with Crippen LogP contribution in [0.25, 0.3) is 22.6 Å². The van der Waals surface area contributed by atoms with Crippen molar-refractivity contribution < 1.29 is 27.2 Å². The molecule has 0 spiro atoms. The van der Waals surface area contributed by atoms with Gasteiger partial charge >= 0.3 is 0 Å². The molecule has 2 heterocycles. The summed E-state index contributed by atoms with van der Waals surface area (Å²) in [6, 6.07) is 19.1. The highest BCUT2D eigenvalue weighted by atomic mass is 32.2. The van der Waals surface area contributed by atoms with E-state index in [1.807, 2.05) is 24.3 Å². The Morgan fingerprint density at radius 3 is 2.45 bits per heavy atom. The van der Waals surface area contributed by atoms with E-state index in [-0.39, 0.29) is 17.9 Å². The zero-order valence-electron chi connectivity index (χ0n) is 23.2. The SMILES string of the molecule is COc1ccc(S(=O)(=O)N(CCC2=CCCCC2)C2CC(=O)N(c3ccc(-c4nc5ccccc5o4)cc3)C2=O)cc1. The zero-order chi connectivity index (χ0) is 29.3. The molecule has 216 valence electrons. The fraction of sp³-hybridized carbons (Fsp3) is 0.281. The number of aromatic nitrogens is 1. The quantitative estimate of drug-likeness (QED) is 0.183. The highest BCUT2D eigenvalue weighted by Crippen LogP contribution is 2.33. The second-order valence-corrected chi connectivity index (χ2v) is 12.4. The lowest BCUT2D eigenvalue weighted by Gasteiger charge is -2.28. The number of amides is 2. The number of oxazole rings is 1. The molecule has 2 amide bonds. The third kappa shape index (κ3) is 5.35. The van der Waals surface area contributed by atoms with Gasteiger partial charge in [0.25, 0.3) is 5.91 Å². The Balaban J connectivity index is 1.28. The van der Waals surface area contributed by atoms with Crippen molar-refractivity contribution in [3.63, 3.8) is 0 Å². The highest BCUT2D eigenvalue weighted by molar-refractivity contribution is 7.89. The Kier molecular flexibility index (Phi) is 7.66. The summed E-state index contributed by atoms with van der Waals surface area (Å²) in [5.41, 5.74) is 3.62. The number of fused-ring (bicyclic) bond motifs is 1. The molecule has 42 heavy (non-hydrogen) atoms. The van der Waals surface area contributed by atoms with E-state index in [0.717, 1.165) is 36.1 Å². The van der Waals surface area contributed by atoms with Gasteiger partial charge in [-0.05, 0) is 92.8 Å². The molecule has 6 rings (SSSR count). The minimum Gasteiger partial charge on any atom is -0.497 e. The minimum atomic E-state index is -4.10. The van der Waals surface area contributed by atoms with Crippen molar-refractivity contribution >= 4 is 38.6 Å². The molecule has 2 aliphatic rings. The van der Waals surface area contributed by atoms with E-state index < -0.39 is 27.9 Å². The highest BCUT2D eigenvalue weighted by Gasteiger charge is 2.46. The summed E-state index contributed by atoms with van der Waals surface area (Å²) in [4.78, 5) is 32.7. The Morgan fingerprint density at radius 1 is 1.00 bits per heavy atom. The lowest BCUT2D eigenvalue weighted by Crippen LogP contribution is -2.46. The predicted octanol–water partition coefficient (Wildman–Crippen LogP) is 5.72. The Morgan fingerprint density at radius 2 is 1.76 bits per heavy atom. The van der Waals surface area contributed by atoms with Gasteiger partial charge in [0.05, 0.1) is 24.1 Å². The molecule has 1 aromatic heterocycles. The van der Waals surface area contributed by atoms with Gasteiger partial charge in [-0.3, -0.25) is 9.59 Å². The molecule has 1 saturated heterocycles. The number of hydrogen-bond acceptors (Lipinski definition) is 7. The van der Waals surface area contributed by atoms with Gasteiger partial charge in [0.2, 0.25) is 21.8 Å². The maximum atomic E-state index is 13.9. The van der Waals surface area contributed by atoms with Crippen LogP contribution in [0.1, 0.15) is 38.5 Å². The number of carbonyl (C=O) groups is 2. The summed E-state index contributed by atoms with van der Waals surface area (Å²) >= 11 is 0. The van der Waals surface area contributed by atoms with Crippen LogP contribution >= 0.6 is 0 Å². The van der Waals surface area contributed by atoms with Crippen LogP contribution in [0.15, 0.2) is 93.8 Å². The number of methoxy groups -OCH3 is 1. The molecule has 1 atom stereocenters. The lowest BCUT2D eigenvalue weighted by atomic mass is 9.97. The van der Waals surface area contributed by atoms with E-state index in [4.69, 9.17) is 9.15 Å². The van der Waals surface area contributed by atoms with Gasteiger partial charge in [0.1, 0.15) is 17.3 Å². The third-order valence-corrected chi connectivity index (χ3v) is 9.76. The van der Waals surface area contributed by atoms with Crippen molar-refractivity contribution in [2.75, 3.05) is 18.6 Å². The summed E-state index contributed by atoms with van der Waals surface area (Å²) in [5, 5.41) is 0. The standard InChI is InChI=1S/C32H31N3O6S/c1-40-25-15-17-26(18-16-25)42(38,39)34(20-19-22-7-3-2-4-8-22)28-21-30(36)35(32(28)37)24-13-11-23(12-14-24)31-33-27-9-5-6-10-29(27)41-31/h5-7,9-18,28H,2-4,8,19-21H2,1H3. The second kappa shape index (κ2) is 11.5. The van der Waals surface area contributed by atoms with Crippen molar-refractivity contribution in [1.29, 1.82) is 0 Å². The number of rotatable bonds is 9. The van der Waals surface area contributed by atoms with Crippen LogP contribution in [0.5, 0.6) is 5.75 Å². The van der Waals surface area contributed by atoms with Gasteiger partial charge < -0.3 is 9.15 Å². The van der Waals surface area contributed by atoms with E-state index in [1.54, 1.807) is 36.4 Å². The number of imide groups is 1. The molecule has 10 heteroatoms. The maximum absolute atomic E-state index is 13.9. The van der Waals surface area contributed by atoms with Gasteiger partial charge in [-0.2, -0.15) is 4.31 Å². The van der Waals surface area contributed by atoms with Crippen LogP contribution < -0.4 is 9.64 Å². The molecule has 3 aromatic carbocycles. The first kappa shape index (κ1) is 27.9. The predicted molar refractivity (Wildman–Crippen MR) is 158 cm³/mol. The molecule has 0 bridgehead atoms. The molecule has 9 nitrogen and oxygen atoms in total. The summed E-state index contributed by atoms with van der Waals surface area (Å²) in [7, 11) is -2.59. The Hall–Kier alpha value is -4.28. The number of hydrogen-bond donors (Lipinski definition) is 0. The topological polar surface area (TPSA) is 110 Å². The molecule has 0 radical (unpaired) electrons. The monoisotopic (exact) mass is 585 g/mol. The number of benzene rings is 3. The average molecular weight is 586 g/mol. The van der Waals surface area contributed by atoms with Gasteiger partial charge in [0, 0.05) is 12.1 Å². The minimum absolute atomic E-state index is 0.0438. The van der Waals surface area contributed by atoms with Crippen molar-refractivity contribution in [2.24, 2.45) is 0 Å². The molecule has 0 saturated carbocycles. The van der Waals surface area contributed by atoms with E-state index >= 15 is 0 Å². The van der Waals surface area contributed by atoms with E-state index in [1.165, 1.54) is 29.1 Å². The van der Waals surface area contributed by atoms with Crippen LogP contribution in [-0.4, -0.2) is 49.2 Å². The van der Waals surface area contributed by atoms with Crippen LogP contribution in [0, 0.1) is 0 Å². The maximum Gasteiger partial charge on any atom is 0.252 e. The third-order valence-electron chi connectivity index (χ3n) is 7.84. The van der Waals surface area contributed by atoms with Gasteiger partial charge in [-0.1, -0.05) is 23.8 Å². The number of allylic oxidation sites excluding steroid dienone is 1. The van der Waals surface area contributed by atoms with Crippen LogP contribution in [0.2, 0.25) is 0 Å². The number of para-hydroxylation sites is 2. The first-order chi connectivity index (χ1) is 20.3. The summed E-state index contributed by atoms with van der Waals surface area (Å²) in [6.45, 7) is 0.106.